The first-order valence-corrected chi connectivity index (χ1v) is 9.55. The number of Topliss-reactive ketones (excluding diaryl/α,β-unsaturated/α-hetero) is 1. The number of anilines is 1. The van der Waals surface area contributed by atoms with Crippen molar-refractivity contribution in [1.29, 1.82) is 0 Å². The normalized spacial score (nSPS) is 11.7. The van der Waals surface area contributed by atoms with Crippen molar-refractivity contribution in [3.63, 3.8) is 0 Å². The summed E-state index contributed by atoms with van der Waals surface area (Å²) in [6.45, 7) is 4.02. The highest BCUT2D eigenvalue weighted by atomic mass is 79.9. The minimum atomic E-state index is -0.489. The third-order valence-electron chi connectivity index (χ3n) is 4.42. The van der Waals surface area contributed by atoms with Crippen LogP contribution in [-0.4, -0.2) is 12.9 Å². The van der Waals surface area contributed by atoms with Gasteiger partial charge >= 0.3 is 0 Å². The van der Waals surface area contributed by atoms with Crippen LogP contribution in [-0.2, 0) is 0 Å². The number of carbonyl (C=O) groups is 1. The summed E-state index contributed by atoms with van der Waals surface area (Å²) in [6.07, 6.45) is 0. The van der Waals surface area contributed by atoms with Gasteiger partial charge in [-0.2, -0.15) is 0 Å². The number of ketones is 1. The number of nitrogens with one attached hydrogen (secondary N) is 1. The van der Waals surface area contributed by atoms with E-state index in [0.717, 1.165) is 32.6 Å². The topological polar surface area (TPSA) is 38.3 Å². The van der Waals surface area contributed by atoms with Crippen LogP contribution in [0.15, 0.2) is 71.2 Å². The summed E-state index contributed by atoms with van der Waals surface area (Å²) in [5.74, 6) is 0.788. The molecule has 0 amide bonds. The lowest BCUT2D eigenvalue weighted by molar-refractivity contribution is 0.0969. The lowest BCUT2D eigenvalue weighted by Gasteiger charge is -2.21. The fourth-order valence-corrected chi connectivity index (χ4v) is 3.48. The predicted molar refractivity (Wildman–Crippen MR) is 114 cm³/mol. The van der Waals surface area contributed by atoms with Crippen molar-refractivity contribution in [3.05, 3.63) is 93.5 Å². The number of hydrogen-bond donors (Lipinski definition) is 1. The van der Waals surface area contributed by atoms with Crippen molar-refractivity contribution in [3.8, 4) is 5.75 Å². The molecule has 0 spiro atoms. The molecule has 1 atom stereocenters. The lowest BCUT2D eigenvalue weighted by Crippen LogP contribution is -2.21. The molecule has 3 nitrogen and oxygen atoms in total. The van der Waals surface area contributed by atoms with Crippen molar-refractivity contribution in [2.45, 2.75) is 19.9 Å². The molecule has 0 bridgehead atoms. The maximum Gasteiger partial charge on any atom is 0.189 e. The maximum absolute atomic E-state index is 13.3. The highest BCUT2D eigenvalue weighted by Crippen LogP contribution is 2.32. The highest BCUT2D eigenvalue weighted by Gasteiger charge is 2.23. The van der Waals surface area contributed by atoms with Crippen LogP contribution in [0.2, 0.25) is 0 Å². The highest BCUT2D eigenvalue weighted by molar-refractivity contribution is 9.10. The number of benzene rings is 3. The molecule has 0 aromatic heterocycles. The van der Waals surface area contributed by atoms with Gasteiger partial charge in [-0.25, -0.2) is 0 Å². The second-order valence-electron chi connectivity index (χ2n) is 6.57. The number of carbonyl (C=O) groups excluding carboxylic acids is 1. The molecule has 4 heteroatoms. The first-order chi connectivity index (χ1) is 13.0. The Labute approximate surface area is 168 Å². The Hall–Kier alpha value is -2.59. The Morgan fingerprint density at radius 1 is 0.963 bits per heavy atom. The van der Waals surface area contributed by atoms with Crippen LogP contribution >= 0.6 is 15.9 Å². The first kappa shape index (κ1) is 19.2. The number of ether oxygens (including phenoxy) is 1. The molecule has 0 saturated carbocycles. The van der Waals surface area contributed by atoms with Gasteiger partial charge in [0.2, 0.25) is 0 Å². The van der Waals surface area contributed by atoms with E-state index in [1.807, 2.05) is 80.6 Å². The average Bonchev–Trinajstić information content (AvgIpc) is 2.66. The van der Waals surface area contributed by atoms with E-state index < -0.39 is 6.04 Å². The standard InChI is InChI=1S/C23H22BrNO2/c1-15-6-4-8-17(12-15)22(23(26)18-9-5-7-16(2)13-18)25-21-11-10-19(27-3)14-20(21)24/h4-14,22,25H,1-3H3/t22-/m1/s1. The van der Waals surface area contributed by atoms with Gasteiger partial charge in [-0.3, -0.25) is 4.79 Å². The van der Waals surface area contributed by atoms with Gasteiger partial charge in [0, 0.05) is 15.7 Å². The molecular formula is C23H22BrNO2. The molecule has 138 valence electrons. The fourth-order valence-electron chi connectivity index (χ4n) is 3.01. The minimum Gasteiger partial charge on any atom is -0.497 e. The summed E-state index contributed by atoms with van der Waals surface area (Å²) in [5, 5.41) is 3.41. The van der Waals surface area contributed by atoms with E-state index in [0.29, 0.717) is 5.56 Å². The van der Waals surface area contributed by atoms with Gasteiger partial charge < -0.3 is 10.1 Å². The van der Waals surface area contributed by atoms with E-state index in [-0.39, 0.29) is 5.78 Å². The van der Waals surface area contributed by atoms with Crippen LogP contribution in [0.25, 0.3) is 0 Å². The molecule has 0 aliphatic rings. The summed E-state index contributed by atoms with van der Waals surface area (Å²) < 4.78 is 6.10. The van der Waals surface area contributed by atoms with Crippen LogP contribution < -0.4 is 10.1 Å². The van der Waals surface area contributed by atoms with E-state index >= 15 is 0 Å². The van der Waals surface area contributed by atoms with Gasteiger partial charge in [0.25, 0.3) is 0 Å². The van der Waals surface area contributed by atoms with Gasteiger partial charge in [-0.1, -0.05) is 53.6 Å². The van der Waals surface area contributed by atoms with E-state index in [2.05, 4.69) is 21.2 Å². The number of methoxy groups -OCH3 is 1. The fraction of sp³-hybridized carbons (Fsp3) is 0.174. The molecule has 3 aromatic carbocycles. The van der Waals surface area contributed by atoms with Crippen LogP contribution in [0.1, 0.15) is 33.1 Å². The van der Waals surface area contributed by atoms with Gasteiger partial charge in [-0.05, 0) is 59.6 Å². The zero-order valence-corrected chi connectivity index (χ0v) is 17.2. The molecule has 1 N–H and O–H groups in total. The zero-order chi connectivity index (χ0) is 19.4. The van der Waals surface area contributed by atoms with E-state index in [4.69, 9.17) is 4.74 Å². The van der Waals surface area contributed by atoms with Gasteiger partial charge in [0.1, 0.15) is 11.8 Å². The maximum atomic E-state index is 13.3. The zero-order valence-electron chi connectivity index (χ0n) is 15.6. The SMILES string of the molecule is COc1ccc(N[C@@H](C(=O)c2cccc(C)c2)c2cccc(C)c2)c(Br)c1. The number of hydrogen-bond acceptors (Lipinski definition) is 3. The number of rotatable bonds is 6. The third-order valence-corrected chi connectivity index (χ3v) is 5.07. The quantitative estimate of drug-likeness (QED) is 0.485. The van der Waals surface area contributed by atoms with Crippen LogP contribution in [0.3, 0.4) is 0 Å². The Balaban J connectivity index is 2.01. The molecule has 0 unspecified atom stereocenters. The molecular weight excluding hydrogens is 402 g/mol. The van der Waals surface area contributed by atoms with Crippen molar-refractivity contribution >= 4 is 27.4 Å². The molecule has 0 aliphatic carbocycles. The van der Waals surface area contributed by atoms with Crippen LogP contribution in [0.5, 0.6) is 5.75 Å². The van der Waals surface area contributed by atoms with E-state index in [1.165, 1.54) is 0 Å². The van der Waals surface area contributed by atoms with Crippen molar-refractivity contribution in [1.82, 2.24) is 0 Å². The summed E-state index contributed by atoms with van der Waals surface area (Å²) >= 11 is 3.57. The Morgan fingerprint density at radius 3 is 2.30 bits per heavy atom. The molecule has 0 radical (unpaired) electrons. The van der Waals surface area contributed by atoms with Crippen molar-refractivity contribution < 1.29 is 9.53 Å². The van der Waals surface area contributed by atoms with Gasteiger partial charge in [-0.15, -0.1) is 0 Å². The number of aryl methyl sites for hydroxylation is 2. The van der Waals surface area contributed by atoms with Crippen molar-refractivity contribution in [2.24, 2.45) is 0 Å². The summed E-state index contributed by atoms with van der Waals surface area (Å²) in [6, 6.07) is 20.9. The van der Waals surface area contributed by atoms with Gasteiger partial charge in [0.15, 0.2) is 5.78 Å². The third kappa shape index (κ3) is 4.58. The molecule has 0 heterocycles. The van der Waals surface area contributed by atoms with E-state index in [1.54, 1.807) is 7.11 Å². The molecule has 3 aromatic rings. The molecule has 0 aliphatic heterocycles. The van der Waals surface area contributed by atoms with Crippen LogP contribution in [0, 0.1) is 13.8 Å². The minimum absolute atomic E-state index is 0.0343. The lowest BCUT2D eigenvalue weighted by atomic mass is 9.95. The molecule has 0 saturated heterocycles. The Morgan fingerprint density at radius 2 is 1.67 bits per heavy atom. The van der Waals surface area contributed by atoms with E-state index in [9.17, 15) is 4.79 Å². The molecule has 27 heavy (non-hydrogen) atoms. The van der Waals surface area contributed by atoms with Gasteiger partial charge in [0.05, 0.1) is 7.11 Å². The summed E-state index contributed by atoms with van der Waals surface area (Å²) in [4.78, 5) is 13.3. The number of halogens is 1. The molecule has 3 rings (SSSR count). The summed E-state index contributed by atoms with van der Waals surface area (Å²) in [5.41, 5.74) is 4.64. The second kappa shape index (κ2) is 8.40. The van der Waals surface area contributed by atoms with Crippen molar-refractivity contribution in [2.75, 3.05) is 12.4 Å². The monoisotopic (exact) mass is 423 g/mol. The molecule has 0 fully saturated rings. The predicted octanol–water partition coefficient (Wildman–Crippen LogP) is 6.11. The first-order valence-electron chi connectivity index (χ1n) is 8.75. The average molecular weight is 424 g/mol. The van der Waals surface area contributed by atoms with Crippen LogP contribution in [0.4, 0.5) is 5.69 Å². The Bertz CT molecular complexity index is 968. The largest absolute Gasteiger partial charge is 0.497 e. The second-order valence-corrected chi connectivity index (χ2v) is 7.43. The smallest absolute Gasteiger partial charge is 0.189 e. The summed E-state index contributed by atoms with van der Waals surface area (Å²) in [7, 11) is 1.63. The Kier molecular flexibility index (Phi) is 5.97.